The van der Waals surface area contributed by atoms with Crippen molar-refractivity contribution in [3.05, 3.63) is 35.4 Å². The van der Waals surface area contributed by atoms with Crippen molar-refractivity contribution in [2.24, 2.45) is 4.99 Å². The van der Waals surface area contributed by atoms with Gasteiger partial charge >= 0.3 is 0 Å². The molecule has 2 N–H and O–H groups in total. The van der Waals surface area contributed by atoms with E-state index in [1.165, 1.54) is 6.07 Å². The molecule has 0 aromatic heterocycles. The summed E-state index contributed by atoms with van der Waals surface area (Å²) < 4.78 is 26.6. The van der Waals surface area contributed by atoms with E-state index in [9.17, 15) is 8.78 Å². The van der Waals surface area contributed by atoms with Gasteiger partial charge in [0.1, 0.15) is 11.6 Å². The first-order valence-electron chi connectivity index (χ1n) is 7.21. The van der Waals surface area contributed by atoms with Crippen molar-refractivity contribution >= 4 is 5.96 Å². The fourth-order valence-electron chi connectivity index (χ4n) is 1.95. The fraction of sp³-hybridized carbons (Fsp3) is 0.533. The summed E-state index contributed by atoms with van der Waals surface area (Å²) in [6.45, 7) is 8.06. The fourth-order valence-corrected chi connectivity index (χ4v) is 1.95. The van der Waals surface area contributed by atoms with Gasteiger partial charge in [-0.05, 0) is 31.3 Å². The summed E-state index contributed by atoms with van der Waals surface area (Å²) in [4.78, 5) is 6.35. The Hall–Kier alpha value is -1.69. The topological polar surface area (TPSA) is 39.7 Å². The van der Waals surface area contributed by atoms with Crippen LogP contribution in [0.1, 0.15) is 19.4 Å². The first-order valence-corrected chi connectivity index (χ1v) is 7.21. The van der Waals surface area contributed by atoms with Crippen molar-refractivity contribution in [3.63, 3.8) is 0 Å². The van der Waals surface area contributed by atoms with Crippen LogP contribution in [0.3, 0.4) is 0 Å². The molecule has 0 aliphatic heterocycles. The number of likely N-dealkylation sites (N-methyl/N-ethyl adjacent to an activating group) is 1. The second kappa shape index (κ2) is 9.28. The predicted molar refractivity (Wildman–Crippen MR) is 82.3 cm³/mol. The molecule has 1 aromatic carbocycles. The van der Waals surface area contributed by atoms with E-state index in [0.717, 1.165) is 38.3 Å². The number of hydrogen-bond acceptors (Lipinski definition) is 2. The van der Waals surface area contributed by atoms with Crippen molar-refractivity contribution in [1.29, 1.82) is 0 Å². The van der Waals surface area contributed by atoms with Gasteiger partial charge in [0.25, 0.3) is 0 Å². The van der Waals surface area contributed by atoms with Gasteiger partial charge in [-0.1, -0.05) is 13.8 Å². The van der Waals surface area contributed by atoms with Crippen molar-refractivity contribution < 1.29 is 8.78 Å². The molecule has 6 heteroatoms. The smallest absolute Gasteiger partial charge is 0.191 e. The van der Waals surface area contributed by atoms with Crippen molar-refractivity contribution in [2.75, 3.05) is 33.2 Å². The number of hydrogen-bond donors (Lipinski definition) is 2. The van der Waals surface area contributed by atoms with Crippen molar-refractivity contribution in [1.82, 2.24) is 15.5 Å². The van der Waals surface area contributed by atoms with Crippen molar-refractivity contribution in [3.8, 4) is 0 Å². The lowest BCUT2D eigenvalue weighted by atomic mass is 10.2. The standard InChI is InChI=1S/C15H24F2N4/c1-4-21(5-2)9-8-19-15(18-3)20-11-12-10-13(16)6-7-14(12)17/h6-7,10H,4-5,8-9,11H2,1-3H3,(H2,18,19,20). The van der Waals surface area contributed by atoms with Crippen LogP contribution >= 0.6 is 0 Å². The van der Waals surface area contributed by atoms with Gasteiger partial charge in [0, 0.05) is 32.2 Å². The third kappa shape index (κ3) is 6.08. The highest BCUT2D eigenvalue weighted by Crippen LogP contribution is 2.08. The van der Waals surface area contributed by atoms with Crippen LogP contribution in [0, 0.1) is 11.6 Å². The predicted octanol–water partition coefficient (Wildman–Crippen LogP) is 1.97. The summed E-state index contributed by atoms with van der Waals surface area (Å²) in [5.41, 5.74) is 0.279. The molecular weight excluding hydrogens is 274 g/mol. The molecule has 0 fully saturated rings. The number of nitrogens with one attached hydrogen (secondary N) is 2. The van der Waals surface area contributed by atoms with Crippen LogP contribution in [0.2, 0.25) is 0 Å². The summed E-state index contributed by atoms with van der Waals surface area (Å²) in [5.74, 6) is -0.300. The molecule has 0 bridgehead atoms. The Labute approximate surface area is 125 Å². The molecule has 0 spiro atoms. The van der Waals surface area contributed by atoms with Gasteiger partial charge in [-0.25, -0.2) is 8.78 Å². The second-order valence-corrected chi connectivity index (χ2v) is 4.62. The SMILES string of the molecule is CCN(CC)CCNC(=NC)NCc1cc(F)ccc1F. The maximum Gasteiger partial charge on any atom is 0.191 e. The molecule has 0 amide bonds. The minimum atomic E-state index is -0.447. The lowest BCUT2D eigenvalue weighted by Gasteiger charge is -2.19. The van der Waals surface area contributed by atoms with E-state index < -0.39 is 11.6 Å². The molecule has 1 rings (SSSR count). The minimum absolute atomic E-state index is 0.189. The Morgan fingerprint density at radius 1 is 1.19 bits per heavy atom. The summed E-state index contributed by atoms with van der Waals surface area (Å²) in [6, 6.07) is 3.42. The normalized spacial score (nSPS) is 11.8. The quantitative estimate of drug-likeness (QED) is 0.597. The van der Waals surface area contributed by atoms with Gasteiger partial charge in [0.05, 0.1) is 0 Å². The van der Waals surface area contributed by atoms with E-state index in [0.29, 0.717) is 5.96 Å². The average Bonchev–Trinajstić information content (AvgIpc) is 2.50. The highest BCUT2D eigenvalue weighted by molar-refractivity contribution is 5.79. The number of benzene rings is 1. The van der Waals surface area contributed by atoms with Crippen LogP contribution in [0.25, 0.3) is 0 Å². The van der Waals surface area contributed by atoms with E-state index in [1.54, 1.807) is 7.05 Å². The highest BCUT2D eigenvalue weighted by Gasteiger charge is 2.05. The first-order chi connectivity index (χ1) is 10.1. The Kier molecular flexibility index (Phi) is 7.68. The third-order valence-electron chi connectivity index (χ3n) is 3.29. The van der Waals surface area contributed by atoms with E-state index in [-0.39, 0.29) is 12.1 Å². The number of rotatable bonds is 7. The molecule has 118 valence electrons. The maximum atomic E-state index is 13.5. The summed E-state index contributed by atoms with van der Waals surface area (Å²) in [5, 5.41) is 6.13. The maximum absolute atomic E-state index is 13.5. The van der Waals surface area contributed by atoms with Crippen LogP contribution in [0.15, 0.2) is 23.2 Å². The third-order valence-corrected chi connectivity index (χ3v) is 3.29. The van der Waals surface area contributed by atoms with Gasteiger partial charge < -0.3 is 15.5 Å². The molecule has 21 heavy (non-hydrogen) atoms. The Morgan fingerprint density at radius 3 is 2.52 bits per heavy atom. The largest absolute Gasteiger partial charge is 0.355 e. The van der Waals surface area contributed by atoms with Gasteiger partial charge in [-0.2, -0.15) is 0 Å². The number of nitrogens with zero attached hydrogens (tertiary/aromatic N) is 2. The molecule has 0 saturated carbocycles. The summed E-state index contributed by atoms with van der Waals surface area (Å²) >= 11 is 0. The van der Waals surface area contributed by atoms with E-state index in [2.05, 4.69) is 34.4 Å². The lowest BCUT2D eigenvalue weighted by Crippen LogP contribution is -2.41. The van der Waals surface area contributed by atoms with Crippen LogP contribution in [-0.4, -0.2) is 44.1 Å². The van der Waals surface area contributed by atoms with Gasteiger partial charge in [0.2, 0.25) is 0 Å². The summed E-state index contributed by atoms with van der Waals surface area (Å²) in [7, 11) is 1.65. The molecule has 0 atom stereocenters. The second-order valence-electron chi connectivity index (χ2n) is 4.62. The van der Waals surface area contributed by atoms with Crippen molar-refractivity contribution in [2.45, 2.75) is 20.4 Å². The van der Waals surface area contributed by atoms with E-state index in [1.807, 2.05) is 0 Å². The zero-order valence-electron chi connectivity index (χ0n) is 12.9. The molecule has 0 saturated heterocycles. The number of halogens is 2. The molecule has 0 aliphatic rings. The Bertz CT molecular complexity index is 459. The Balaban J connectivity index is 2.43. The van der Waals surface area contributed by atoms with Crippen LogP contribution < -0.4 is 10.6 Å². The monoisotopic (exact) mass is 298 g/mol. The molecule has 1 aromatic rings. The molecule has 0 radical (unpaired) electrons. The molecule has 0 aliphatic carbocycles. The minimum Gasteiger partial charge on any atom is -0.355 e. The summed E-state index contributed by atoms with van der Waals surface area (Å²) in [6.07, 6.45) is 0. The highest BCUT2D eigenvalue weighted by atomic mass is 19.1. The van der Waals surface area contributed by atoms with Crippen LogP contribution in [-0.2, 0) is 6.54 Å². The van der Waals surface area contributed by atoms with Gasteiger partial charge in [-0.3, -0.25) is 4.99 Å². The Morgan fingerprint density at radius 2 is 1.90 bits per heavy atom. The molecular formula is C15H24F2N4. The van der Waals surface area contributed by atoms with E-state index in [4.69, 9.17) is 0 Å². The van der Waals surface area contributed by atoms with Gasteiger partial charge in [-0.15, -0.1) is 0 Å². The zero-order chi connectivity index (χ0) is 15.7. The molecule has 0 unspecified atom stereocenters. The molecule has 0 heterocycles. The van der Waals surface area contributed by atoms with E-state index >= 15 is 0 Å². The average molecular weight is 298 g/mol. The number of guanidine groups is 1. The first kappa shape index (κ1) is 17.4. The number of aliphatic imine (C=N–C) groups is 1. The zero-order valence-corrected chi connectivity index (χ0v) is 12.9. The van der Waals surface area contributed by atoms with Crippen LogP contribution in [0.4, 0.5) is 8.78 Å². The molecule has 4 nitrogen and oxygen atoms in total. The van der Waals surface area contributed by atoms with Gasteiger partial charge in [0.15, 0.2) is 5.96 Å². The lowest BCUT2D eigenvalue weighted by molar-refractivity contribution is 0.308. The van der Waals surface area contributed by atoms with Crippen LogP contribution in [0.5, 0.6) is 0 Å².